The molecule has 1 rings (SSSR count). The van der Waals surface area contributed by atoms with E-state index in [1.165, 1.54) is 0 Å². The van der Waals surface area contributed by atoms with Gasteiger partial charge in [0.1, 0.15) is 11.4 Å². The minimum atomic E-state index is -0.608. The van der Waals surface area contributed by atoms with Crippen LogP contribution in [-0.4, -0.2) is 30.5 Å². The fourth-order valence-electron chi connectivity index (χ4n) is 1.15. The van der Waals surface area contributed by atoms with Crippen molar-refractivity contribution in [1.82, 2.24) is 5.32 Å². The molecule has 4 heteroatoms. The molecule has 1 aliphatic rings. The van der Waals surface area contributed by atoms with Gasteiger partial charge >= 0.3 is 0 Å². The summed E-state index contributed by atoms with van der Waals surface area (Å²) in [5.74, 6) is 0.690. The second kappa shape index (κ2) is 3.46. The summed E-state index contributed by atoms with van der Waals surface area (Å²) in [5.41, 5.74) is -0.608. The zero-order valence-corrected chi connectivity index (χ0v) is 8.55. The third-order valence-corrected chi connectivity index (χ3v) is 2.11. The molecule has 1 heterocycles. The second-order valence-electron chi connectivity index (χ2n) is 3.82. The maximum atomic E-state index is 11.3. The highest BCUT2D eigenvalue weighted by molar-refractivity contribution is 6.07. The molecule has 1 atom stereocenters. The van der Waals surface area contributed by atoms with Crippen molar-refractivity contribution in [3.05, 3.63) is 0 Å². The first-order valence-electron chi connectivity index (χ1n) is 4.38. The number of amidine groups is 1. The molecule has 0 fully saturated rings. The maximum Gasteiger partial charge on any atom is 0.252 e. The zero-order chi connectivity index (χ0) is 10.1. The Labute approximate surface area is 78.4 Å². The van der Waals surface area contributed by atoms with Gasteiger partial charge in [0.2, 0.25) is 0 Å². The molecule has 0 radical (unpaired) electrons. The lowest BCUT2D eigenvalue weighted by Gasteiger charge is -2.07. The van der Waals surface area contributed by atoms with Gasteiger partial charge in [0.25, 0.3) is 5.91 Å². The van der Waals surface area contributed by atoms with Gasteiger partial charge in [-0.3, -0.25) is 9.79 Å². The fraction of sp³-hybridized carbons (Fsp3) is 0.778. The summed E-state index contributed by atoms with van der Waals surface area (Å²) in [5, 5.41) is 2.74. The van der Waals surface area contributed by atoms with Gasteiger partial charge < -0.3 is 10.1 Å². The molecule has 0 aromatic carbocycles. The molecular weight excluding hydrogens is 168 g/mol. The average molecular weight is 184 g/mol. The lowest BCUT2D eigenvalue weighted by Crippen LogP contribution is -2.35. The number of aliphatic imine (C=N–C) groups is 1. The summed E-state index contributed by atoms with van der Waals surface area (Å²) in [6.45, 7) is 5.54. The van der Waals surface area contributed by atoms with Crippen LogP contribution in [0.5, 0.6) is 0 Å². The second-order valence-corrected chi connectivity index (χ2v) is 3.82. The summed E-state index contributed by atoms with van der Waals surface area (Å²) in [6.07, 6.45) is 0.749. The van der Waals surface area contributed by atoms with Gasteiger partial charge in [-0.25, -0.2) is 0 Å². The third kappa shape index (κ3) is 2.28. The van der Waals surface area contributed by atoms with E-state index in [-0.39, 0.29) is 12.0 Å². The predicted octanol–water partition coefficient (Wildman–Crippen LogP) is 0.718. The standard InChI is InChI=1S/C9H16N2O2/c1-6(13-4)5-7-10-8(12)9(2,3)11-7/h6H,5H2,1-4H3,(H,10,11,12). The van der Waals surface area contributed by atoms with Gasteiger partial charge in [-0.15, -0.1) is 0 Å². The summed E-state index contributed by atoms with van der Waals surface area (Å²) >= 11 is 0. The monoisotopic (exact) mass is 184 g/mol. The normalized spacial score (nSPS) is 22.5. The minimum absolute atomic E-state index is 0.0363. The van der Waals surface area contributed by atoms with Crippen LogP contribution in [0.15, 0.2) is 4.99 Å². The van der Waals surface area contributed by atoms with Crippen molar-refractivity contribution >= 4 is 11.7 Å². The van der Waals surface area contributed by atoms with E-state index in [0.29, 0.717) is 6.42 Å². The Morgan fingerprint density at radius 2 is 2.23 bits per heavy atom. The Kier molecular flexibility index (Phi) is 2.71. The van der Waals surface area contributed by atoms with Crippen molar-refractivity contribution in [1.29, 1.82) is 0 Å². The summed E-state index contributed by atoms with van der Waals surface area (Å²) in [7, 11) is 1.65. The Hall–Kier alpha value is -0.900. The van der Waals surface area contributed by atoms with Crippen molar-refractivity contribution in [2.45, 2.75) is 38.8 Å². The predicted molar refractivity (Wildman–Crippen MR) is 50.7 cm³/mol. The maximum absolute atomic E-state index is 11.3. The highest BCUT2D eigenvalue weighted by Crippen LogP contribution is 2.16. The topological polar surface area (TPSA) is 50.7 Å². The van der Waals surface area contributed by atoms with Crippen LogP contribution in [0.1, 0.15) is 27.2 Å². The Morgan fingerprint density at radius 1 is 1.62 bits per heavy atom. The van der Waals surface area contributed by atoms with E-state index in [4.69, 9.17) is 4.74 Å². The van der Waals surface area contributed by atoms with Gasteiger partial charge in [-0.05, 0) is 20.8 Å². The summed E-state index contributed by atoms with van der Waals surface area (Å²) < 4.78 is 5.08. The number of hydrogen-bond acceptors (Lipinski definition) is 3. The molecule has 1 unspecified atom stereocenters. The van der Waals surface area contributed by atoms with Crippen LogP contribution in [0.4, 0.5) is 0 Å². The Morgan fingerprint density at radius 3 is 2.62 bits per heavy atom. The van der Waals surface area contributed by atoms with Crippen molar-refractivity contribution < 1.29 is 9.53 Å². The van der Waals surface area contributed by atoms with Gasteiger partial charge in [-0.2, -0.15) is 0 Å². The molecule has 0 spiro atoms. The zero-order valence-electron chi connectivity index (χ0n) is 8.55. The van der Waals surface area contributed by atoms with Crippen LogP contribution in [0, 0.1) is 0 Å². The van der Waals surface area contributed by atoms with Crippen molar-refractivity contribution in [3.63, 3.8) is 0 Å². The van der Waals surface area contributed by atoms with E-state index < -0.39 is 5.54 Å². The molecule has 74 valence electrons. The molecule has 0 aromatic heterocycles. The Bertz CT molecular complexity index is 246. The Balaban J connectivity index is 2.60. The van der Waals surface area contributed by atoms with Crippen LogP contribution in [0.25, 0.3) is 0 Å². The number of methoxy groups -OCH3 is 1. The lowest BCUT2D eigenvalue weighted by atomic mass is 10.1. The van der Waals surface area contributed by atoms with E-state index in [0.717, 1.165) is 5.84 Å². The highest BCUT2D eigenvalue weighted by atomic mass is 16.5. The van der Waals surface area contributed by atoms with Gasteiger partial charge in [0.15, 0.2) is 0 Å². The number of amides is 1. The number of carbonyl (C=O) groups is 1. The minimum Gasteiger partial charge on any atom is -0.381 e. The van der Waals surface area contributed by atoms with E-state index in [1.54, 1.807) is 21.0 Å². The van der Waals surface area contributed by atoms with Crippen molar-refractivity contribution in [2.75, 3.05) is 7.11 Å². The number of rotatable bonds is 3. The molecule has 1 amide bonds. The molecule has 0 aliphatic carbocycles. The first-order chi connectivity index (χ1) is 5.95. The quantitative estimate of drug-likeness (QED) is 0.702. The number of ether oxygens (including phenoxy) is 1. The van der Waals surface area contributed by atoms with E-state index in [1.807, 2.05) is 6.92 Å². The van der Waals surface area contributed by atoms with Crippen LogP contribution < -0.4 is 5.32 Å². The number of hydrogen-bond donors (Lipinski definition) is 1. The lowest BCUT2D eigenvalue weighted by molar-refractivity contribution is -0.122. The highest BCUT2D eigenvalue weighted by Gasteiger charge is 2.34. The molecule has 13 heavy (non-hydrogen) atoms. The third-order valence-electron chi connectivity index (χ3n) is 2.11. The number of carbonyl (C=O) groups excluding carboxylic acids is 1. The largest absolute Gasteiger partial charge is 0.381 e. The van der Waals surface area contributed by atoms with Crippen molar-refractivity contribution in [3.8, 4) is 0 Å². The summed E-state index contributed by atoms with van der Waals surface area (Å²) in [6, 6.07) is 0. The first-order valence-corrected chi connectivity index (χ1v) is 4.38. The van der Waals surface area contributed by atoms with Gasteiger partial charge in [0, 0.05) is 13.5 Å². The van der Waals surface area contributed by atoms with E-state index in [9.17, 15) is 4.79 Å². The molecule has 0 saturated carbocycles. The first kappa shape index (κ1) is 10.2. The molecular formula is C9H16N2O2. The molecule has 4 nitrogen and oxygen atoms in total. The fourth-order valence-corrected chi connectivity index (χ4v) is 1.15. The number of nitrogens with one attached hydrogen (secondary N) is 1. The van der Waals surface area contributed by atoms with Crippen molar-refractivity contribution in [2.24, 2.45) is 4.99 Å². The SMILES string of the molecule is COC(C)CC1=NC(C)(C)C(=O)N1. The van der Waals surface area contributed by atoms with Crippen LogP contribution in [0.2, 0.25) is 0 Å². The van der Waals surface area contributed by atoms with Gasteiger partial charge in [-0.1, -0.05) is 0 Å². The smallest absolute Gasteiger partial charge is 0.252 e. The molecule has 0 bridgehead atoms. The van der Waals surface area contributed by atoms with Gasteiger partial charge in [0.05, 0.1) is 6.10 Å². The van der Waals surface area contributed by atoms with E-state index >= 15 is 0 Å². The molecule has 1 N–H and O–H groups in total. The number of nitrogens with zero attached hydrogens (tertiary/aromatic N) is 1. The van der Waals surface area contributed by atoms with E-state index in [2.05, 4.69) is 10.3 Å². The summed E-state index contributed by atoms with van der Waals surface area (Å²) in [4.78, 5) is 15.6. The van der Waals surface area contributed by atoms with Crippen LogP contribution >= 0.6 is 0 Å². The average Bonchev–Trinajstić information content (AvgIpc) is 2.25. The molecule has 0 aromatic rings. The molecule has 1 aliphatic heterocycles. The van der Waals surface area contributed by atoms with Crippen LogP contribution in [-0.2, 0) is 9.53 Å². The van der Waals surface area contributed by atoms with Crippen LogP contribution in [0.3, 0.4) is 0 Å². The molecule has 0 saturated heterocycles.